The van der Waals surface area contributed by atoms with Gasteiger partial charge in [0.25, 0.3) is 0 Å². The number of hydrogen-bond donors (Lipinski definition) is 2. The van der Waals surface area contributed by atoms with Gasteiger partial charge in [0.05, 0.1) is 12.2 Å². The summed E-state index contributed by atoms with van der Waals surface area (Å²) in [7, 11) is 3.58. The van der Waals surface area contributed by atoms with Crippen LogP contribution in [-0.2, 0) is 6.54 Å². The van der Waals surface area contributed by atoms with Crippen LogP contribution in [0.1, 0.15) is 18.7 Å². The van der Waals surface area contributed by atoms with E-state index in [0.717, 1.165) is 38.1 Å². The molecule has 8 nitrogen and oxygen atoms in total. The first-order valence-electron chi connectivity index (χ1n) is 8.70. The van der Waals surface area contributed by atoms with E-state index in [2.05, 4.69) is 25.6 Å². The number of anilines is 3. The molecule has 2 N–H and O–H groups in total. The number of aromatic nitrogens is 3. The first-order chi connectivity index (χ1) is 13.3. The number of rotatable bonds is 5. The van der Waals surface area contributed by atoms with Crippen molar-refractivity contribution in [3.8, 4) is 0 Å². The molecule has 0 aliphatic carbocycles. The molecule has 2 aromatic rings. The fourth-order valence-electron chi connectivity index (χ4n) is 2.68. The molecular weight excluding hydrogens is 375 g/mol. The highest BCUT2D eigenvalue weighted by Crippen LogP contribution is 2.20. The van der Waals surface area contributed by atoms with Gasteiger partial charge in [0.15, 0.2) is 23.3 Å². The van der Waals surface area contributed by atoms with Crippen molar-refractivity contribution in [2.45, 2.75) is 19.4 Å². The van der Waals surface area contributed by atoms with Crippen LogP contribution in [0.15, 0.2) is 12.1 Å². The summed E-state index contributed by atoms with van der Waals surface area (Å²) in [5, 5.41) is 4.60. The van der Waals surface area contributed by atoms with Crippen molar-refractivity contribution in [2.24, 2.45) is 0 Å². The zero-order valence-electron chi connectivity index (χ0n) is 15.5. The van der Waals surface area contributed by atoms with E-state index in [-0.39, 0.29) is 6.54 Å². The predicted octanol–water partition coefficient (Wildman–Crippen LogP) is 2.28. The van der Waals surface area contributed by atoms with Gasteiger partial charge in [-0.2, -0.15) is 15.0 Å². The fraction of sp³-hybridized carbons (Fsp3) is 0.412. The average molecular weight is 395 g/mol. The molecule has 11 heteroatoms. The number of halogens is 3. The molecule has 1 aromatic carbocycles. The van der Waals surface area contributed by atoms with Gasteiger partial charge >= 0.3 is 6.03 Å². The Hall–Kier alpha value is -3.11. The second-order valence-corrected chi connectivity index (χ2v) is 6.47. The Morgan fingerprint density at radius 3 is 2.50 bits per heavy atom. The Labute approximate surface area is 159 Å². The predicted molar refractivity (Wildman–Crippen MR) is 97.8 cm³/mol. The molecule has 3 rings (SSSR count). The third kappa shape index (κ3) is 4.41. The van der Waals surface area contributed by atoms with Crippen molar-refractivity contribution in [1.82, 2.24) is 20.3 Å². The van der Waals surface area contributed by atoms with Crippen LogP contribution >= 0.6 is 0 Å². The number of nitrogens with one attached hydrogen (secondary N) is 2. The van der Waals surface area contributed by atoms with E-state index in [4.69, 9.17) is 0 Å². The lowest BCUT2D eigenvalue weighted by Crippen LogP contribution is -2.30. The molecular formula is C17H20F3N7O. The quantitative estimate of drug-likeness (QED) is 0.756. The topological polar surface area (TPSA) is 86.3 Å². The third-order valence-corrected chi connectivity index (χ3v) is 4.14. The highest BCUT2D eigenvalue weighted by molar-refractivity contribution is 5.89. The molecule has 0 radical (unpaired) electrons. The van der Waals surface area contributed by atoms with Gasteiger partial charge in [-0.3, -0.25) is 0 Å². The second-order valence-electron chi connectivity index (χ2n) is 6.47. The lowest BCUT2D eigenvalue weighted by Gasteiger charge is -2.19. The maximum Gasteiger partial charge on any atom is 0.319 e. The molecule has 2 heterocycles. The zero-order chi connectivity index (χ0) is 20.3. The molecule has 1 fully saturated rings. The molecule has 0 atom stereocenters. The molecule has 1 aliphatic heterocycles. The van der Waals surface area contributed by atoms with Crippen molar-refractivity contribution < 1.29 is 18.0 Å². The van der Waals surface area contributed by atoms with E-state index >= 15 is 0 Å². The molecule has 0 spiro atoms. The summed E-state index contributed by atoms with van der Waals surface area (Å²) in [5.41, 5.74) is -0.473. The Morgan fingerprint density at radius 2 is 1.82 bits per heavy atom. The van der Waals surface area contributed by atoms with Crippen molar-refractivity contribution in [3.05, 3.63) is 35.4 Å². The number of amides is 2. The second kappa shape index (κ2) is 8.28. The van der Waals surface area contributed by atoms with Gasteiger partial charge in [0.1, 0.15) is 0 Å². The maximum atomic E-state index is 13.7. The normalized spacial score (nSPS) is 13.5. The summed E-state index contributed by atoms with van der Waals surface area (Å²) in [6.07, 6.45) is 2.11. The minimum absolute atomic E-state index is 0.0542. The van der Waals surface area contributed by atoms with Crippen molar-refractivity contribution in [2.75, 3.05) is 42.3 Å². The van der Waals surface area contributed by atoms with Gasteiger partial charge < -0.3 is 20.4 Å². The maximum absolute atomic E-state index is 13.7. The van der Waals surface area contributed by atoms with Gasteiger partial charge in [0.2, 0.25) is 11.9 Å². The zero-order valence-corrected chi connectivity index (χ0v) is 15.5. The summed E-state index contributed by atoms with van der Waals surface area (Å²) in [6.45, 7) is 1.64. The van der Waals surface area contributed by atoms with E-state index < -0.39 is 29.2 Å². The van der Waals surface area contributed by atoms with Gasteiger partial charge in [-0.1, -0.05) is 0 Å². The molecule has 1 saturated heterocycles. The van der Waals surface area contributed by atoms with Crippen LogP contribution in [0.2, 0.25) is 0 Å². The molecule has 1 aliphatic rings. The number of carbonyl (C=O) groups excluding carboxylic acids is 1. The number of nitrogens with zero attached hydrogens (tertiary/aromatic N) is 5. The van der Waals surface area contributed by atoms with Crippen LogP contribution in [0.5, 0.6) is 0 Å². The van der Waals surface area contributed by atoms with E-state index in [9.17, 15) is 18.0 Å². The minimum atomic E-state index is -1.65. The van der Waals surface area contributed by atoms with Crippen LogP contribution in [-0.4, -0.2) is 48.2 Å². The monoisotopic (exact) mass is 395 g/mol. The summed E-state index contributed by atoms with van der Waals surface area (Å²) in [5.74, 6) is -3.16. The summed E-state index contributed by atoms with van der Waals surface area (Å²) in [4.78, 5) is 28.8. The standard InChI is InChI=1S/C17H20F3N7O/c1-26(2)15-23-12(24-16(25-15)27-7-3-4-8-27)9-21-17(28)22-11-6-5-10(18)13(19)14(11)20/h5-6H,3-4,7-9H2,1-2H3,(H2,21,22,28). The highest BCUT2D eigenvalue weighted by Gasteiger charge is 2.19. The number of hydrogen-bond acceptors (Lipinski definition) is 6. The molecule has 2 amide bonds. The Kier molecular flexibility index (Phi) is 5.81. The fourth-order valence-corrected chi connectivity index (χ4v) is 2.68. The first-order valence-corrected chi connectivity index (χ1v) is 8.70. The summed E-state index contributed by atoms with van der Waals surface area (Å²) >= 11 is 0. The first kappa shape index (κ1) is 19.6. The third-order valence-electron chi connectivity index (χ3n) is 4.14. The van der Waals surface area contributed by atoms with Crippen LogP contribution in [0.4, 0.5) is 35.5 Å². The van der Waals surface area contributed by atoms with Crippen LogP contribution in [0, 0.1) is 17.5 Å². The molecule has 0 unspecified atom stereocenters. The number of benzene rings is 1. The van der Waals surface area contributed by atoms with E-state index in [1.807, 2.05) is 4.90 Å². The summed E-state index contributed by atoms with van der Waals surface area (Å²) in [6, 6.07) is 0.858. The Balaban J connectivity index is 1.69. The van der Waals surface area contributed by atoms with Gasteiger partial charge in [-0.15, -0.1) is 0 Å². The lowest BCUT2D eigenvalue weighted by atomic mass is 10.3. The van der Waals surface area contributed by atoms with Crippen molar-refractivity contribution in [3.63, 3.8) is 0 Å². The minimum Gasteiger partial charge on any atom is -0.347 e. The van der Waals surface area contributed by atoms with E-state index in [1.54, 1.807) is 19.0 Å². The van der Waals surface area contributed by atoms with E-state index in [1.165, 1.54) is 0 Å². The SMILES string of the molecule is CN(C)c1nc(CNC(=O)Nc2ccc(F)c(F)c2F)nc(N2CCCC2)n1. The van der Waals surface area contributed by atoms with Gasteiger partial charge in [-0.25, -0.2) is 18.0 Å². The molecule has 0 bridgehead atoms. The molecule has 150 valence electrons. The largest absolute Gasteiger partial charge is 0.347 e. The molecule has 1 aromatic heterocycles. The van der Waals surface area contributed by atoms with Gasteiger partial charge in [0, 0.05) is 27.2 Å². The van der Waals surface area contributed by atoms with Crippen LogP contribution < -0.4 is 20.4 Å². The lowest BCUT2D eigenvalue weighted by molar-refractivity contribution is 0.251. The number of urea groups is 1. The Morgan fingerprint density at radius 1 is 1.11 bits per heavy atom. The smallest absolute Gasteiger partial charge is 0.319 e. The number of carbonyl (C=O) groups is 1. The van der Waals surface area contributed by atoms with Crippen LogP contribution in [0.25, 0.3) is 0 Å². The highest BCUT2D eigenvalue weighted by atomic mass is 19.2. The van der Waals surface area contributed by atoms with Crippen LogP contribution in [0.3, 0.4) is 0 Å². The van der Waals surface area contributed by atoms with Crippen molar-refractivity contribution in [1.29, 1.82) is 0 Å². The molecule has 0 saturated carbocycles. The molecule has 28 heavy (non-hydrogen) atoms. The van der Waals surface area contributed by atoms with Crippen molar-refractivity contribution >= 4 is 23.6 Å². The van der Waals surface area contributed by atoms with Gasteiger partial charge in [-0.05, 0) is 25.0 Å². The Bertz CT molecular complexity index is 872. The summed E-state index contributed by atoms with van der Waals surface area (Å²) < 4.78 is 39.9. The average Bonchev–Trinajstić information content (AvgIpc) is 3.21. The van der Waals surface area contributed by atoms with E-state index in [0.29, 0.717) is 17.7 Å².